The van der Waals surface area contributed by atoms with Crippen LogP contribution >= 0.6 is 0 Å². The fourth-order valence-corrected chi connectivity index (χ4v) is 3.29. The molecule has 1 aliphatic carbocycles. The molecule has 1 fully saturated rings. The average Bonchev–Trinajstić information content (AvgIpc) is 3.20. The smallest absolute Gasteiger partial charge is 0.415 e. The lowest BCUT2D eigenvalue weighted by atomic mass is 9.97. The number of hydrogen-bond donors (Lipinski definition) is 0. The SMILES string of the molecule is O=C(Oc1cccnc1)N1CCC(c2ncc(C3=CCCC=C3)o2)CC1. The Morgan fingerprint density at radius 1 is 1.23 bits per heavy atom. The van der Waals surface area contributed by atoms with Crippen LogP contribution in [-0.4, -0.2) is 34.1 Å². The second-order valence-corrected chi connectivity index (χ2v) is 6.52. The zero-order chi connectivity index (χ0) is 17.8. The molecular formula is C20H21N3O3. The molecule has 0 spiro atoms. The van der Waals surface area contributed by atoms with Crippen LogP contribution in [0.4, 0.5) is 4.79 Å². The van der Waals surface area contributed by atoms with Crippen molar-refractivity contribution in [2.75, 3.05) is 13.1 Å². The van der Waals surface area contributed by atoms with Gasteiger partial charge in [-0.05, 0) is 37.8 Å². The molecule has 1 amide bonds. The lowest BCUT2D eigenvalue weighted by molar-refractivity contribution is 0.136. The zero-order valence-corrected chi connectivity index (χ0v) is 14.5. The number of rotatable bonds is 3. The minimum atomic E-state index is -0.331. The van der Waals surface area contributed by atoms with Crippen molar-refractivity contribution in [1.29, 1.82) is 0 Å². The normalized spacial score (nSPS) is 17.8. The van der Waals surface area contributed by atoms with E-state index >= 15 is 0 Å². The maximum atomic E-state index is 12.2. The summed E-state index contributed by atoms with van der Waals surface area (Å²) >= 11 is 0. The molecular weight excluding hydrogens is 330 g/mol. The van der Waals surface area contributed by atoms with Crippen LogP contribution in [-0.2, 0) is 0 Å². The Balaban J connectivity index is 1.33. The molecule has 2 aromatic heterocycles. The summed E-state index contributed by atoms with van der Waals surface area (Å²) in [6.07, 6.45) is 14.8. The Morgan fingerprint density at radius 3 is 2.85 bits per heavy atom. The Labute approximate surface area is 152 Å². The molecule has 26 heavy (non-hydrogen) atoms. The first-order valence-corrected chi connectivity index (χ1v) is 8.99. The molecule has 0 aromatic carbocycles. The first-order chi connectivity index (χ1) is 12.8. The van der Waals surface area contributed by atoms with Crippen LogP contribution < -0.4 is 4.74 Å². The van der Waals surface area contributed by atoms with Gasteiger partial charge in [-0.25, -0.2) is 9.78 Å². The van der Waals surface area contributed by atoms with Crippen molar-refractivity contribution in [1.82, 2.24) is 14.9 Å². The van der Waals surface area contributed by atoms with E-state index in [9.17, 15) is 4.79 Å². The van der Waals surface area contributed by atoms with Crippen molar-refractivity contribution in [3.05, 3.63) is 60.6 Å². The molecule has 1 aliphatic heterocycles. The molecule has 0 N–H and O–H groups in total. The summed E-state index contributed by atoms with van der Waals surface area (Å²) in [6.45, 7) is 1.26. The van der Waals surface area contributed by atoms with Gasteiger partial charge < -0.3 is 14.1 Å². The minimum absolute atomic E-state index is 0.236. The van der Waals surface area contributed by atoms with Gasteiger partial charge in [0.15, 0.2) is 17.4 Å². The molecule has 0 atom stereocenters. The van der Waals surface area contributed by atoms with Crippen LogP contribution in [0, 0.1) is 0 Å². The summed E-state index contributed by atoms with van der Waals surface area (Å²) in [4.78, 5) is 22.4. The number of ether oxygens (including phenoxy) is 1. The Hall–Kier alpha value is -2.89. The average molecular weight is 351 g/mol. The van der Waals surface area contributed by atoms with Crippen molar-refractivity contribution in [3.63, 3.8) is 0 Å². The summed E-state index contributed by atoms with van der Waals surface area (Å²) in [6, 6.07) is 3.46. The van der Waals surface area contributed by atoms with Crippen LogP contribution in [0.15, 0.2) is 53.4 Å². The molecule has 3 heterocycles. The van der Waals surface area contributed by atoms with Gasteiger partial charge in [0.2, 0.25) is 0 Å². The highest BCUT2D eigenvalue weighted by atomic mass is 16.6. The van der Waals surface area contributed by atoms with E-state index in [-0.39, 0.29) is 12.0 Å². The fraction of sp³-hybridized carbons (Fsp3) is 0.350. The third-order valence-electron chi connectivity index (χ3n) is 4.75. The number of amides is 1. The molecule has 0 radical (unpaired) electrons. The van der Waals surface area contributed by atoms with Crippen molar-refractivity contribution < 1.29 is 13.9 Å². The van der Waals surface area contributed by atoms with Crippen molar-refractivity contribution in [2.45, 2.75) is 31.6 Å². The van der Waals surface area contributed by atoms with Crippen molar-refractivity contribution in [3.8, 4) is 5.75 Å². The molecule has 134 valence electrons. The highest BCUT2D eigenvalue weighted by molar-refractivity contribution is 5.71. The lowest BCUT2D eigenvalue weighted by Gasteiger charge is -2.29. The number of carbonyl (C=O) groups is 1. The van der Waals surface area contributed by atoms with Gasteiger partial charge >= 0.3 is 6.09 Å². The molecule has 2 aliphatic rings. The van der Waals surface area contributed by atoms with Crippen LogP contribution in [0.25, 0.3) is 5.57 Å². The quantitative estimate of drug-likeness (QED) is 0.830. The molecule has 0 bridgehead atoms. The van der Waals surface area contributed by atoms with E-state index in [1.54, 1.807) is 29.4 Å². The number of aromatic nitrogens is 2. The van der Waals surface area contributed by atoms with Gasteiger partial charge in [0, 0.05) is 30.8 Å². The van der Waals surface area contributed by atoms with Gasteiger partial charge in [0.1, 0.15) is 0 Å². The summed E-state index contributed by atoms with van der Waals surface area (Å²) in [5.74, 6) is 2.29. The molecule has 4 rings (SSSR count). The maximum Gasteiger partial charge on any atom is 0.415 e. The third kappa shape index (κ3) is 3.69. The predicted octanol–water partition coefficient (Wildman–Crippen LogP) is 4.18. The van der Waals surface area contributed by atoms with E-state index in [0.29, 0.717) is 18.8 Å². The molecule has 0 unspecified atom stereocenters. The molecule has 1 saturated heterocycles. The summed E-state index contributed by atoms with van der Waals surface area (Å²) < 4.78 is 11.3. The first-order valence-electron chi connectivity index (χ1n) is 8.99. The predicted molar refractivity (Wildman–Crippen MR) is 96.7 cm³/mol. The van der Waals surface area contributed by atoms with E-state index in [2.05, 4.69) is 28.2 Å². The number of piperidine rings is 1. The Morgan fingerprint density at radius 2 is 2.12 bits per heavy atom. The standard InChI is InChI=1S/C20H21N3O3/c24-20(25-17-7-4-10-21-13-17)23-11-8-16(9-12-23)19-22-14-18(26-19)15-5-2-1-3-6-15/h2,4-7,10,13-14,16H,1,3,8-9,11-12H2. The third-order valence-corrected chi connectivity index (χ3v) is 4.75. The van der Waals surface area contributed by atoms with Crippen molar-refractivity contribution >= 4 is 11.7 Å². The zero-order valence-electron chi connectivity index (χ0n) is 14.5. The second kappa shape index (κ2) is 7.56. The van der Waals surface area contributed by atoms with Gasteiger partial charge in [-0.3, -0.25) is 4.98 Å². The van der Waals surface area contributed by atoms with Gasteiger partial charge in [-0.2, -0.15) is 0 Å². The summed E-state index contributed by atoms with van der Waals surface area (Å²) in [5, 5.41) is 0. The van der Waals surface area contributed by atoms with Crippen LogP contribution in [0.3, 0.4) is 0 Å². The Bertz CT molecular complexity index is 818. The molecule has 6 nitrogen and oxygen atoms in total. The number of oxazole rings is 1. The number of hydrogen-bond acceptors (Lipinski definition) is 5. The molecule has 2 aromatic rings. The van der Waals surface area contributed by atoms with E-state index in [0.717, 1.165) is 42.9 Å². The van der Waals surface area contributed by atoms with Crippen molar-refractivity contribution in [2.24, 2.45) is 0 Å². The first kappa shape index (κ1) is 16.6. The number of carbonyl (C=O) groups excluding carboxylic acids is 1. The van der Waals surface area contributed by atoms with Crippen LogP contribution in [0.1, 0.15) is 43.3 Å². The highest BCUT2D eigenvalue weighted by Gasteiger charge is 2.28. The van der Waals surface area contributed by atoms with E-state index in [4.69, 9.17) is 9.15 Å². The number of nitrogens with zero attached hydrogens (tertiary/aromatic N) is 3. The lowest BCUT2D eigenvalue weighted by Crippen LogP contribution is -2.39. The van der Waals surface area contributed by atoms with Crippen LogP contribution in [0.2, 0.25) is 0 Å². The van der Waals surface area contributed by atoms with Gasteiger partial charge in [0.05, 0.1) is 12.4 Å². The molecule has 6 heteroatoms. The highest BCUT2D eigenvalue weighted by Crippen LogP contribution is 2.30. The van der Waals surface area contributed by atoms with Crippen LogP contribution in [0.5, 0.6) is 5.75 Å². The summed E-state index contributed by atoms with van der Waals surface area (Å²) in [5.41, 5.74) is 1.10. The molecule has 0 saturated carbocycles. The minimum Gasteiger partial charge on any atom is -0.440 e. The van der Waals surface area contributed by atoms with Gasteiger partial charge in [-0.15, -0.1) is 0 Å². The van der Waals surface area contributed by atoms with Gasteiger partial charge in [0.25, 0.3) is 0 Å². The maximum absolute atomic E-state index is 12.2. The fourth-order valence-electron chi connectivity index (χ4n) is 3.29. The second-order valence-electron chi connectivity index (χ2n) is 6.52. The number of pyridine rings is 1. The number of likely N-dealkylation sites (tertiary alicyclic amines) is 1. The Kier molecular flexibility index (Phi) is 4.82. The topological polar surface area (TPSA) is 68.5 Å². The summed E-state index contributed by atoms with van der Waals surface area (Å²) in [7, 11) is 0. The van der Waals surface area contributed by atoms with E-state index < -0.39 is 0 Å². The number of allylic oxidation sites excluding steroid dienone is 4. The van der Waals surface area contributed by atoms with Gasteiger partial charge in [-0.1, -0.05) is 18.2 Å². The largest absolute Gasteiger partial charge is 0.440 e. The van der Waals surface area contributed by atoms with E-state index in [1.807, 2.05) is 0 Å². The monoisotopic (exact) mass is 351 g/mol. The van der Waals surface area contributed by atoms with E-state index in [1.165, 1.54) is 6.20 Å².